The number of amides is 1. The number of hydrogen-bond donors (Lipinski definition) is 0. The largest absolute Gasteiger partial charge is 0.444 e. The average Bonchev–Trinajstić information content (AvgIpc) is 3.03. The molecule has 2 heterocycles. The van der Waals surface area contributed by atoms with Crippen LogP contribution in [0.5, 0.6) is 0 Å². The van der Waals surface area contributed by atoms with Crippen molar-refractivity contribution in [3.8, 4) is 0 Å². The number of rotatable bonds is 2. The summed E-state index contributed by atoms with van der Waals surface area (Å²) in [5, 5.41) is 0. The zero-order chi connectivity index (χ0) is 15.3. The molecule has 0 aromatic carbocycles. The lowest BCUT2D eigenvalue weighted by Crippen LogP contribution is -2.43. The van der Waals surface area contributed by atoms with Crippen LogP contribution < -0.4 is 0 Å². The molecule has 0 N–H and O–H groups in total. The normalized spacial score (nSPS) is 28.2. The molecule has 5 heteroatoms. The van der Waals surface area contributed by atoms with Crippen molar-refractivity contribution >= 4 is 6.09 Å². The topological polar surface area (TPSA) is 47.4 Å². The van der Waals surface area contributed by atoms with Gasteiger partial charge in [-0.3, -0.25) is 0 Å². The highest BCUT2D eigenvalue weighted by atomic mass is 16.6. The van der Waals surface area contributed by atoms with Gasteiger partial charge in [0.05, 0.1) is 0 Å². The summed E-state index contributed by atoms with van der Waals surface area (Å²) < 4.78 is 7.76. The van der Waals surface area contributed by atoms with E-state index in [0.29, 0.717) is 6.04 Å². The third-order valence-electron chi connectivity index (χ3n) is 4.68. The highest BCUT2D eigenvalue weighted by Crippen LogP contribution is 2.49. The van der Waals surface area contributed by atoms with Crippen LogP contribution in [0.15, 0.2) is 12.4 Å². The van der Waals surface area contributed by atoms with Gasteiger partial charge in [-0.2, -0.15) is 0 Å². The fourth-order valence-electron chi connectivity index (χ4n) is 3.74. The number of carbonyl (C=O) groups is 1. The van der Waals surface area contributed by atoms with E-state index in [9.17, 15) is 4.79 Å². The molecule has 1 aliphatic carbocycles. The Bertz CT molecular complexity index is 546. The lowest BCUT2D eigenvalue weighted by Gasteiger charge is -2.34. The Morgan fingerprint density at radius 2 is 2.29 bits per heavy atom. The molecule has 2 bridgehead atoms. The van der Waals surface area contributed by atoms with Gasteiger partial charge in [0, 0.05) is 36.9 Å². The first-order chi connectivity index (χ1) is 9.78. The van der Waals surface area contributed by atoms with Crippen molar-refractivity contribution < 1.29 is 9.53 Å². The van der Waals surface area contributed by atoms with Gasteiger partial charge in [-0.05, 0) is 47.0 Å². The molecule has 1 amide bonds. The molecular weight excluding hydrogens is 266 g/mol. The van der Waals surface area contributed by atoms with Gasteiger partial charge in [-0.15, -0.1) is 0 Å². The van der Waals surface area contributed by atoms with Crippen molar-refractivity contribution in [1.29, 1.82) is 0 Å². The van der Waals surface area contributed by atoms with Crippen LogP contribution in [0.3, 0.4) is 0 Å². The van der Waals surface area contributed by atoms with Crippen LogP contribution in [0.4, 0.5) is 4.79 Å². The van der Waals surface area contributed by atoms with Crippen LogP contribution in [0.25, 0.3) is 0 Å². The van der Waals surface area contributed by atoms with E-state index in [1.807, 2.05) is 45.0 Å². The summed E-state index contributed by atoms with van der Waals surface area (Å²) in [6, 6.07) is 0.351. The lowest BCUT2D eigenvalue weighted by molar-refractivity contribution is 0.0151. The van der Waals surface area contributed by atoms with Crippen LogP contribution >= 0.6 is 0 Å². The fourth-order valence-corrected chi connectivity index (χ4v) is 3.74. The molecule has 5 nitrogen and oxygen atoms in total. The monoisotopic (exact) mass is 291 g/mol. The van der Waals surface area contributed by atoms with E-state index < -0.39 is 5.60 Å². The smallest absolute Gasteiger partial charge is 0.410 e. The maximum absolute atomic E-state index is 12.3. The minimum Gasteiger partial charge on any atom is -0.444 e. The van der Waals surface area contributed by atoms with Gasteiger partial charge in [-0.1, -0.05) is 0 Å². The van der Waals surface area contributed by atoms with E-state index in [1.165, 1.54) is 6.42 Å². The van der Waals surface area contributed by atoms with Crippen LogP contribution in [-0.4, -0.2) is 38.7 Å². The predicted octanol–water partition coefficient (Wildman–Crippen LogP) is 2.98. The molecule has 21 heavy (non-hydrogen) atoms. The Balaban J connectivity index is 1.71. The van der Waals surface area contributed by atoms with Gasteiger partial charge in [-0.25, -0.2) is 9.78 Å². The number of likely N-dealkylation sites (tertiary alicyclic amines) is 1. The van der Waals surface area contributed by atoms with Gasteiger partial charge in [0.15, 0.2) is 0 Å². The predicted molar refractivity (Wildman–Crippen MR) is 80.0 cm³/mol. The van der Waals surface area contributed by atoms with Crippen LogP contribution in [0.1, 0.15) is 45.9 Å². The lowest BCUT2D eigenvalue weighted by atomic mass is 9.87. The van der Waals surface area contributed by atoms with Crippen molar-refractivity contribution in [3.63, 3.8) is 0 Å². The fraction of sp³-hybridized carbons (Fsp3) is 0.750. The minimum atomic E-state index is -0.424. The second-order valence-corrected chi connectivity index (χ2v) is 7.61. The summed E-state index contributed by atoms with van der Waals surface area (Å²) in [7, 11) is 0. The highest BCUT2D eigenvalue weighted by molar-refractivity contribution is 5.69. The zero-order valence-electron chi connectivity index (χ0n) is 13.4. The SMILES string of the molecule is Cc1nccn1CC12CCC(C1)N(C(=O)OC(C)(C)C)C2. The summed E-state index contributed by atoms with van der Waals surface area (Å²) >= 11 is 0. The van der Waals surface area contributed by atoms with Gasteiger partial charge in [0.25, 0.3) is 0 Å². The van der Waals surface area contributed by atoms with Crippen molar-refractivity contribution in [2.24, 2.45) is 5.41 Å². The van der Waals surface area contributed by atoms with Crippen molar-refractivity contribution in [3.05, 3.63) is 18.2 Å². The van der Waals surface area contributed by atoms with E-state index in [0.717, 1.165) is 31.8 Å². The van der Waals surface area contributed by atoms with Gasteiger partial charge in [0.2, 0.25) is 0 Å². The zero-order valence-corrected chi connectivity index (χ0v) is 13.4. The Kier molecular flexibility index (Phi) is 3.26. The molecule has 2 unspecified atom stereocenters. The van der Waals surface area contributed by atoms with Crippen LogP contribution in [0, 0.1) is 12.3 Å². The van der Waals surface area contributed by atoms with E-state index >= 15 is 0 Å². The van der Waals surface area contributed by atoms with Crippen molar-refractivity contribution in [2.75, 3.05) is 6.54 Å². The van der Waals surface area contributed by atoms with E-state index in [-0.39, 0.29) is 11.5 Å². The maximum Gasteiger partial charge on any atom is 0.410 e. The van der Waals surface area contributed by atoms with Gasteiger partial charge in [0.1, 0.15) is 11.4 Å². The molecule has 1 aromatic heterocycles. The van der Waals surface area contributed by atoms with Gasteiger partial charge >= 0.3 is 6.09 Å². The molecule has 1 aromatic rings. The molecule has 116 valence electrons. The van der Waals surface area contributed by atoms with Crippen molar-refractivity contribution in [2.45, 2.75) is 65.1 Å². The third kappa shape index (κ3) is 2.78. The quantitative estimate of drug-likeness (QED) is 0.841. The molecule has 0 radical (unpaired) electrons. The molecule has 0 spiro atoms. The molecule has 1 saturated heterocycles. The first kappa shape index (κ1) is 14.4. The summed E-state index contributed by atoms with van der Waals surface area (Å²) in [5.41, 5.74) is -0.222. The summed E-state index contributed by atoms with van der Waals surface area (Å²) in [6.45, 7) is 9.56. The summed E-state index contributed by atoms with van der Waals surface area (Å²) in [4.78, 5) is 18.6. The first-order valence-electron chi connectivity index (χ1n) is 7.75. The number of carbonyl (C=O) groups excluding carboxylic acids is 1. The summed E-state index contributed by atoms with van der Waals surface area (Å²) in [5.74, 6) is 1.04. The highest BCUT2D eigenvalue weighted by Gasteiger charge is 2.52. The minimum absolute atomic E-state index is 0.156. The number of aromatic nitrogens is 2. The molecule has 2 fully saturated rings. The van der Waals surface area contributed by atoms with E-state index in [4.69, 9.17) is 4.74 Å². The molecule has 1 saturated carbocycles. The van der Waals surface area contributed by atoms with E-state index in [2.05, 4.69) is 9.55 Å². The number of hydrogen-bond acceptors (Lipinski definition) is 3. The van der Waals surface area contributed by atoms with E-state index in [1.54, 1.807) is 0 Å². The standard InChI is InChI=1S/C16H25N3O2/c1-12-17-7-8-18(12)10-16-6-5-13(9-16)19(11-16)14(20)21-15(2,3)4/h7-8,13H,5-6,9-11H2,1-4H3. The van der Waals surface area contributed by atoms with Crippen molar-refractivity contribution in [1.82, 2.24) is 14.5 Å². The van der Waals surface area contributed by atoms with Crippen LogP contribution in [-0.2, 0) is 11.3 Å². The number of aryl methyl sites for hydroxylation is 1. The number of piperidine rings is 1. The summed E-state index contributed by atoms with van der Waals surface area (Å²) in [6.07, 6.45) is 7.09. The Labute approximate surface area is 126 Å². The molecule has 3 rings (SSSR count). The second kappa shape index (κ2) is 4.75. The first-order valence-corrected chi connectivity index (χ1v) is 7.75. The van der Waals surface area contributed by atoms with Crippen LogP contribution in [0.2, 0.25) is 0 Å². The number of ether oxygens (including phenoxy) is 1. The number of nitrogens with zero attached hydrogens (tertiary/aromatic N) is 3. The number of imidazole rings is 1. The molecule has 2 atom stereocenters. The Hall–Kier alpha value is -1.52. The molecule has 2 aliphatic rings. The third-order valence-corrected chi connectivity index (χ3v) is 4.68. The van der Waals surface area contributed by atoms with Gasteiger partial charge < -0.3 is 14.2 Å². The average molecular weight is 291 g/mol. The second-order valence-electron chi connectivity index (χ2n) is 7.61. The molecular formula is C16H25N3O2. The number of fused-ring (bicyclic) bond motifs is 2. The maximum atomic E-state index is 12.3. The Morgan fingerprint density at radius 3 is 2.90 bits per heavy atom. The Morgan fingerprint density at radius 1 is 1.52 bits per heavy atom. The molecule has 1 aliphatic heterocycles.